The normalized spacial score (nSPS) is 15.4. The first-order valence-corrected chi connectivity index (χ1v) is 13.9. The molecule has 196 valence electrons. The van der Waals surface area contributed by atoms with Crippen LogP contribution in [0.15, 0.2) is 101 Å². The SMILES string of the molecule is COc1cccc(C2C(C(=O)/C=C/c3ccccc3)=C(O)C(=O)N2c2nnc(SCc3ccc(C)cc3)s2)c1. The van der Waals surface area contributed by atoms with Crippen molar-refractivity contribution in [2.75, 3.05) is 12.0 Å². The first-order valence-electron chi connectivity index (χ1n) is 12.1. The summed E-state index contributed by atoms with van der Waals surface area (Å²) in [7, 11) is 1.54. The van der Waals surface area contributed by atoms with Crippen LogP contribution in [0.25, 0.3) is 6.08 Å². The van der Waals surface area contributed by atoms with E-state index in [4.69, 9.17) is 4.74 Å². The molecule has 0 spiro atoms. The predicted molar refractivity (Wildman–Crippen MR) is 154 cm³/mol. The maximum atomic E-state index is 13.4. The van der Waals surface area contributed by atoms with Gasteiger partial charge < -0.3 is 9.84 Å². The van der Waals surface area contributed by atoms with Gasteiger partial charge in [-0.25, -0.2) is 0 Å². The fraction of sp³-hybridized carbons (Fsp3) is 0.133. The second-order valence-corrected chi connectivity index (χ2v) is 11.0. The molecule has 0 fully saturated rings. The number of nitrogens with zero attached hydrogens (tertiary/aromatic N) is 3. The standard InChI is InChI=1S/C30H25N3O4S2/c1-19-11-13-21(14-12-19)18-38-30-32-31-29(39-30)33-26(22-9-6-10-23(17-22)37-2)25(27(35)28(33)36)24(34)16-15-20-7-4-3-5-8-20/h3-17,26,35H,18H2,1-2H3/b16-15+. The van der Waals surface area contributed by atoms with Crippen molar-refractivity contribution in [3.63, 3.8) is 0 Å². The number of aliphatic hydroxyl groups is 1. The van der Waals surface area contributed by atoms with Crippen LogP contribution in [0, 0.1) is 6.92 Å². The van der Waals surface area contributed by atoms with E-state index in [9.17, 15) is 14.7 Å². The minimum Gasteiger partial charge on any atom is -0.503 e. The summed E-state index contributed by atoms with van der Waals surface area (Å²) >= 11 is 2.75. The largest absolute Gasteiger partial charge is 0.503 e. The van der Waals surface area contributed by atoms with Gasteiger partial charge in [-0.15, -0.1) is 10.2 Å². The summed E-state index contributed by atoms with van der Waals surface area (Å²) in [5.41, 5.74) is 3.74. The van der Waals surface area contributed by atoms with Gasteiger partial charge in [0.2, 0.25) is 5.13 Å². The zero-order valence-corrected chi connectivity index (χ0v) is 22.9. The minimum atomic E-state index is -0.900. The van der Waals surface area contributed by atoms with E-state index in [1.165, 1.54) is 39.6 Å². The van der Waals surface area contributed by atoms with Crippen LogP contribution in [-0.4, -0.2) is 34.1 Å². The molecular weight excluding hydrogens is 530 g/mol. The number of carbonyl (C=O) groups excluding carboxylic acids is 2. The second kappa shape index (κ2) is 11.7. The zero-order chi connectivity index (χ0) is 27.4. The van der Waals surface area contributed by atoms with Crippen LogP contribution in [-0.2, 0) is 15.3 Å². The molecule has 3 aromatic carbocycles. The smallest absolute Gasteiger partial charge is 0.296 e. The Kier molecular flexibility index (Phi) is 7.90. The number of anilines is 1. The maximum Gasteiger partial charge on any atom is 0.296 e. The number of amides is 1. The number of hydrogen-bond donors (Lipinski definition) is 1. The topological polar surface area (TPSA) is 92.6 Å². The average Bonchev–Trinajstić information content (AvgIpc) is 3.54. The van der Waals surface area contributed by atoms with Gasteiger partial charge in [-0.05, 0) is 41.8 Å². The number of allylic oxidation sites excluding steroid dienone is 1. The van der Waals surface area contributed by atoms with Crippen LogP contribution in [0.5, 0.6) is 5.75 Å². The Morgan fingerprint density at radius 2 is 1.85 bits per heavy atom. The van der Waals surface area contributed by atoms with Gasteiger partial charge in [-0.1, -0.05) is 101 Å². The lowest BCUT2D eigenvalue weighted by atomic mass is 9.95. The van der Waals surface area contributed by atoms with Gasteiger partial charge in [0.05, 0.1) is 18.7 Å². The molecule has 1 amide bonds. The van der Waals surface area contributed by atoms with Crippen molar-refractivity contribution >= 4 is 46.0 Å². The molecule has 0 saturated heterocycles. The van der Waals surface area contributed by atoms with E-state index in [1.54, 1.807) is 37.5 Å². The Balaban J connectivity index is 1.47. The number of aliphatic hydroxyl groups excluding tert-OH is 1. The highest BCUT2D eigenvalue weighted by Gasteiger charge is 2.45. The molecule has 39 heavy (non-hydrogen) atoms. The van der Waals surface area contributed by atoms with E-state index in [0.29, 0.717) is 26.5 Å². The summed E-state index contributed by atoms with van der Waals surface area (Å²) in [5.74, 6) is -0.525. The summed E-state index contributed by atoms with van der Waals surface area (Å²) in [5, 5.41) is 19.8. The molecule has 4 aromatic rings. The lowest BCUT2D eigenvalue weighted by Gasteiger charge is -2.24. The highest BCUT2D eigenvalue weighted by atomic mass is 32.2. The Labute approximate surface area is 234 Å². The van der Waals surface area contributed by atoms with Crippen molar-refractivity contribution < 1.29 is 19.4 Å². The van der Waals surface area contributed by atoms with Crippen molar-refractivity contribution in [2.45, 2.75) is 23.1 Å². The molecule has 0 bridgehead atoms. The highest BCUT2D eigenvalue weighted by molar-refractivity contribution is 8.00. The fourth-order valence-electron chi connectivity index (χ4n) is 4.19. The van der Waals surface area contributed by atoms with Gasteiger partial charge in [0, 0.05) is 5.75 Å². The van der Waals surface area contributed by atoms with Crippen LogP contribution in [0.4, 0.5) is 5.13 Å². The van der Waals surface area contributed by atoms with Crippen molar-refractivity contribution in [2.24, 2.45) is 0 Å². The summed E-state index contributed by atoms with van der Waals surface area (Å²) in [6.45, 7) is 2.04. The molecular formula is C30H25N3O4S2. The number of ether oxygens (including phenoxy) is 1. The number of aryl methyl sites for hydroxylation is 1. The Bertz CT molecular complexity index is 1560. The lowest BCUT2D eigenvalue weighted by Crippen LogP contribution is -2.30. The third kappa shape index (κ3) is 5.79. The van der Waals surface area contributed by atoms with Gasteiger partial charge in [-0.2, -0.15) is 0 Å². The van der Waals surface area contributed by atoms with Gasteiger partial charge >= 0.3 is 0 Å². The maximum absolute atomic E-state index is 13.4. The van der Waals surface area contributed by atoms with E-state index in [-0.39, 0.29) is 5.57 Å². The van der Waals surface area contributed by atoms with Crippen LogP contribution < -0.4 is 9.64 Å². The zero-order valence-electron chi connectivity index (χ0n) is 21.3. The molecule has 2 heterocycles. The first kappa shape index (κ1) is 26.4. The third-order valence-electron chi connectivity index (χ3n) is 6.19. The molecule has 1 aliphatic rings. The Hall–Kier alpha value is -4.21. The van der Waals surface area contributed by atoms with Crippen molar-refractivity contribution in [3.8, 4) is 5.75 Å². The summed E-state index contributed by atoms with van der Waals surface area (Å²) < 4.78 is 6.06. The number of rotatable bonds is 9. The summed E-state index contributed by atoms with van der Waals surface area (Å²) in [6.07, 6.45) is 3.02. The Morgan fingerprint density at radius 3 is 2.59 bits per heavy atom. The molecule has 1 N–H and O–H groups in total. The van der Waals surface area contributed by atoms with E-state index in [1.807, 2.05) is 37.3 Å². The van der Waals surface area contributed by atoms with Gasteiger partial charge in [-0.3, -0.25) is 14.5 Å². The number of thioether (sulfide) groups is 1. The quantitative estimate of drug-likeness (QED) is 0.147. The Morgan fingerprint density at radius 1 is 1.08 bits per heavy atom. The average molecular weight is 556 g/mol. The molecule has 1 aromatic heterocycles. The minimum absolute atomic E-state index is 0.0236. The van der Waals surface area contributed by atoms with Crippen molar-refractivity contribution in [3.05, 3.63) is 119 Å². The number of methoxy groups -OCH3 is 1. The molecule has 1 unspecified atom stereocenters. The number of benzene rings is 3. The van der Waals surface area contributed by atoms with E-state index >= 15 is 0 Å². The van der Waals surface area contributed by atoms with Crippen molar-refractivity contribution in [1.29, 1.82) is 0 Å². The highest BCUT2D eigenvalue weighted by Crippen LogP contribution is 2.43. The molecule has 0 radical (unpaired) electrons. The molecule has 5 rings (SSSR count). The fourth-order valence-corrected chi connectivity index (χ4v) is 6.02. The molecule has 1 aliphatic heterocycles. The van der Waals surface area contributed by atoms with E-state index in [2.05, 4.69) is 34.5 Å². The van der Waals surface area contributed by atoms with Crippen molar-refractivity contribution in [1.82, 2.24) is 10.2 Å². The van der Waals surface area contributed by atoms with Gasteiger partial charge in [0.15, 0.2) is 15.9 Å². The molecule has 0 saturated carbocycles. The number of aromatic nitrogens is 2. The number of carbonyl (C=O) groups is 2. The monoisotopic (exact) mass is 555 g/mol. The summed E-state index contributed by atoms with van der Waals surface area (Å²) in [6, 6.07) is 23.8. The van der Waals surface area contributed by atoms with Gasteiger partial charge in [0.25, 0.3) is 5.91 Å². The lowest BCUT2D eigenvalue weighted by molar-refractivity contribution is -0.117. The van der Waals surface area contributed by atoms with Crippen LogP contribution >= 0.6 is 23.1 Å². The van der Waals surface area contributed by atoms with E-state index < -0.39 is 23.5 Å². The first-order chi connectivity index (χ1) is 18.9. The van der Waals surface area contributed by atoms with Crippen LogP contribution in [0.3, 0.4) is 0 Å². The van der Waals surface area contributed by atoms with E-state index in [0.717, 1.165) is 11.1 Å². The summed E-state index contributed by atoms with van der Waals surface area (Å²) in [4.78, 5) is 28.2. The molecule has 1 atom stereocenters. The number of ketones is 1. The molecule has 7 nitrogen and oxygen atoms in total. The molecule has 9 heteroatoms. The molecule has 0 aliphatic carbocycles. The second-order valence-electron chi connectivity index (χ2n) is 8.85. The van der Waals surface area contributed by atoms with Crippen LogP contribution in [0.2, 0.25) is 0 Å². The van der Waals surface area contributed by atoms with Crippen LogP contribution in [0.1, 0.15) is 28.3 Å². The van der Waals surface area contributed by atoms with Gasteiger partial charge in [0.1, 0.15) is 5.75 Å². The number of hydrogen-bond acceptors (Lipinski definition) is 8. The predicted octanol–water partition coefficient (Wildman–Crippen LogP) is 6.33. The third-order valence-corrected chi connectivity index (χ3v) is 8.32.